The van der Waals surface area contributed by atoms with Crippen LogP contribution < -0.4 is 10.5 Å². The Morgan fingerprint density at radius 3 is 2.30 bits per heavy atom. The summed E-state index contributed by atoms with van der Waals surface area (Å²) in [6, 6.07) is 5.73. The molecule has 0 bridgehead atoms. The van der Waals surface area contributed by atoms with Gasteiger partial charge < -0.3 is 20.3 Å². The van der Waals surface area contributed by atoms with Crippen LogP contribution >= 0.6 is 0 Å². The molecule has 124 valence electrons. The largest absolute Gasteiger partial charge is 0.493 e. The van der Waals surface area contributed by atoms with Crippen molar-refractivity contribution in [3.8, 4) is 5.75 Å². The summed E-state index contributed by atoms with van der Waals surface area (Å²) in [7, 11) is 0. The summed E-state index contributed by atoms with van der Waals surface area (Å²) in [5.74, 6) is 0.499. The number of guanidine groups is 1. The summed E-state index contributed by atoms with van der Waals surface area (Å²) in [5.41, 5.74) is 5.40. The third-order valence-corrected chi connectivity index (χ3v) is 3.61. The van der Waals surface area contributed by atoms with Crippen molar-refractivity contribution < 1.29 is 14.5 Å². The van der Waals surface area contributed by atoms with Crippen LogP contribution in [0, 0.1) is 15.5 Å². The molecule has 1 fully saturated rings. The molecule has 1 heterocycles. The first kappa shape index (κ1) is 16.5. The van der Waals surface area contributed by atoms with E-state index in [0.717, 1.165) is 0 Å². The number of carbonyl (C=O) groups excluding carboxylic acids is 1. The fourth-order valence-corrected chi connectivity index (χ4v) is 2.28. The lowest BCUT2D eigenvalue weighted by molar-refractivity contribution is -0.384. The number of amides is 1. The number of benzene rings is 1. The maximum atomic E-state index is 12.1. The lowest BCUT2D eigenvalue weighted by Gasteiger charge is -2.34. The van der Waals surface area contributed by atoms with Gasteiger partial charge in [-0.1, -0.05) is 0 Å². The number of ether oxygens (including phenoxy) is 1. The number of nitro groups is 1. The quantitative estimate of drug-likeness (QED) is 0.350. The molecule has 23 heavy (non-hydrogen) atoms. The Kier molecular flexibility index (Phi) is 5.34. The molecule has 3 N–H and O–H groups in total. The standard InChI is InChI=1S/C14H19N5O4/c15-14(16)18-8-6-17(7-9-18)13(20)5-10-23-12-3-1-11(2-4-12)19(21)22/h1-4H,5-10H2,(H3,15,16). The number of nitro benzene ring substituents is 1. The highest BCUT2D eigenvalue weighted by molar-refractivity contribution is 5.78. The van der Waals surface area contributed by atoms with E-state index in [9.17, 15) is 14.9 Å². The van der Waals surface area contributed by atoms with Crippen molar-refractivity contribution in [3.63, 3.8) is 0 Å². The van der Waals surface area contributed by atoms with Gasteiger partial charge in [-0.05, 0) is 12.1 Å². The summed E-state index contributed by atoms with van der Waals surface area (Å²) in [4.78, 5) is 25.6. The Labute approximate surface area is 133 Å². The molecular weight excluding hydrogens is 302 g/mol. The SMILES string of the molecule is N=C(N)N1CCN(C(=O)CCOc2ccc([N+](=O)[O-])cc2)CC1. The molecule has 0 saturated carbocycles. The zero-order chi connectivity index (χ0) is 16.8. The van der Waals surface area contributed by atoms with Gasteiger partial charge in [-0.25, -0.2) is 0 Å². The van der Waals surface area contributed by atoms with Gasteiger partial charge in [-0.2, -0.15) is 0 Å². The number of carbonyl (C=O) groups is 1. The monoisotopic (exact) mass is 321 g/mol. The van der Waals surface area contributed by atoms with Crippen LogP contribution in [0.25, 0.3) is 0 Å². The number of piperazine rings is 1. The Hall–Kier alpha value is -2.84. The maximum Gasteiger partial charge on any atom is 0.269 e. The van der Waals surface area contributed by atoms with Gasteiger partial charge in [0.1, 0.15) is 5.75 Å². The second-order valence-corrected chi connectivity index (χ2v) is 5.10. The molecule has 1 aromatic rings. The van der Waals surface area contributed by atoms with E-state index in [4.69, 9.17) is 15.9 Å². The maximum absolute atomic E-state index is 12.1. The number of rotatable bonds is 5. The van der Waals surface area contributed by atoms with E-state index in [1.807, 2.05) is 0 Å². The predicted octanol–water partition coefficient (Wildman–Crippen LogP) is 0.401. The van der Waals surface area contributed by atoms with E-state index >= 15 is 0 Å². The summed E-state index contributed by atoms with van der Waals surface area (Å²) in [6.45, 7) is 2.41. The molecule has 0 aromatic heterocycles. The van der Waals surface area contributed by atoms with Gasteiger partial charge >= 0.3 is 0 Å². The van der Waals surface area contributed by atoms with Crippen LogP contribution in [-0.2, 0) is 4.79 Å². The number of hydrogen-bond donors (Lipinski definition) is 2. The average Bonchev–Trinajstić information content (AvgIpc) is 2.55. The fraction of sp³-hybridized carbons (Fsp3) is 0.429. The highest BCUT2D eigenvalue weighted by Crippen LogP contribution is 2.17. The number of nitrogens with two attached hydrogens (primary N) is 1. The lowest BCUT2D eigenvalue weighted by Crippen LogP contribution is -2.52. The molecule has 2 rings (SSSR count). The summed E-state index contributed by atoms with van der Waals surface area (Å²) >= 11 is 0. The van der Waals surface area contributed by atoms with Crippen molar-refractivity contribution in [3.05, 3.63) is 34.4 Å². The molecule has 0 spiro atoms. The highest BCUT2D eigenvalue weighted by Gasteiger charge is 2.21. The molecule has 1 amide bonds. The molecule has 0 atom stereocenters. The minimum Gasteiger partial charge on any atom is -0.493 e. The van der Waals surface area contributed by atoms with Crippen molar-refractivity contribution in [2.45, 2.75) is 6.42 Å². The number of non-ortho nitro benzene ring substituents is 1. The van der Waals surface area contributed by atoms with Gasteiger partial charge in [-0.3, -0.25) is 20.3 Å². The highest BCUT2D eigenvalue weighted by atomic mass is 16.6. The van der Waals surface area contributed by atoms with Crippen molar-refractivity contribution in [1.29, 1.82) is 5.41 Å². The Bertz CT molecular complexity index is 581. The van der Waals surface area contributed by atoms with Gasteiger partial charge in [-0.15, -0.1) is 0 Å². The Morgan fingerprint density at radius 2 is 1.78 bits per heavy atom. The van der Waals surface area contributed by atoms with Crippen LogP contribution in [0.4, 0.5) is 5.69 Å². The number of nitrogens with zero attached hydrogens (tertiary/aromatic N) is 3. The molecule has 1 aliphatic rings. The van der Waals surface area contributed by atoms with Gasteiger partial charge in [0.2, 0.25) is 5.91 Å². The second kappa shape index (κ2) is 7.43. The summed E-state index contributed by atoms with van der Waals surface area (Å²) in [5, 5.41) is 17.9. The molecular formula is C14H19N5O4. The molecule has 0 radical (unpaired) electrons. The number of hydrogen-bond acceptors (Lipinski definition) is 5. The van der Waals surface area contributed by atoms with E-state index in [0.29, 0.717) is 31.9 Å². The first-order valence-electron chi connectivity index (χ1n) is 7.21. The van der Waals surface area contributed by atoms with E-state index in [2.05, 4.69) is 0 Å². The van der Waals surface area contributed by atoms with Gasteiger partial charge in [0.05, 0.1) is 18.0 Å². The Balaban J connectivity index is 1.73. The first-order valence-corrected chi connectivity index (χ1v) is 7.21. The molecule has 1 saturated heterocycles. The molecule has 1 aliphatic heterocycles. The summed E-state index contributed by atoms with van der Waals surface area (Å²) < 4.78 is 5.43. The van der Waals surface area contributed by atoms with Crippen molar-refractivity contribution >= 4 is 17.6 Å². The fourth-order valence-electron chi connectivity index (χ4n) is 2.28. The van der Waals surface area contributed by atoms with Gasteiger partial charge in [0.15, 0.2) is 5.96 Å². The van der Waals surface area contributed by atoms with Gasteiger partial charge in [0, 0.05) is 38.3 Å². The number of nitrogens with one attached hydrogen (secondary N) is 1. The van der Waals surface area contributed by atoms with E-state index in [1.165, 1.54) is 24.3 Å². The minimum absolute atomic E-state index is 0.00299. The van der Waals surface area contributed by atoms with E-state index in [-0.39, 0.29) is 30.6 Å². The molecule has 0 unspecified atom stereocenters. The predicted molar refractivity (Wildman–Crippen MR) is 83.3 cm³/mol. The summed E-state index contributed by atoms with van der Waals surface area (Å²) in [6.07, 6.45) is 0.233. The lowest BCUT2D eigenvalue weighted by atomic mass is 10.3. The van der Waals surface area contributed by atoms with Crippen molar-refractivity contribution in [1.82, 2.24) is 9.80 Å². The van der Waals surface area contributed by atoms with Crippen LogP contribution in [0.3, 0.4) is 0 Å². The van der Waals surface area contributed by atoms with E-state index in [1.54, 1.807) is 9.80 Å². The molecule has 9 nitrogen and oxygen atoms in total. The van der Waals surface area contributed by atoms with E-state index < -0.39 is 4.92 Å². The van der Waals surface area contributed by atoms with Crippen molar-refractivity contribution in [2.75, 3.05) is 32.8 Å². The average molecular weight is 321 g/mol. The zero-order valence-electron chi connectivity index (χ0n) is 12.6. The van der Waals surface area contributed by atoms with Crippen molar-refractivity contribution in [2.24, 2.45) is 5.73 Å². The van der Waals surface area contributed by atoms with Crippen LogP contribution in [0.15, 0.2) is 24.3 Å². The molecule has 9 heteroatoms. The topological polar surface area (TPSA) is 126 Å². The van der Waals surface area contributed by atoms with Crippen LogP contribution in [-0.4, -0.2) is 59.4 Å². The third-order valence-electron chi connectivity index (χ3n) is 3.61. The second-order valence-electron chi connectivity index (χ2n) is 5.10. The third kappa shape index (κ3) is 4.56. The molecule has 0 aliphatic carbocycles. The first-order chi connectivity index (χ1) is 11.0. The van der Waals surface area contributed by atoms with Gasteiger partial charge in [0.25, 0.3) is 5.69 Å². The van der Waals surface area contributed by atoms with Crippen LogP contribution in [0.1, 0.15) is 6.42 Å². The Morgan fingerprint density at radius 1 is 1.22 bits per heavy atom. The minimum atomic E-state index is -0.478. The normalized spacial score (nSPS) is 14.4. The smallest absolute Gasteiger partial charge is 0.269 e. The van der Waals surface area contributed by atoms with Crippen LogP contribution in [0.5, 0.6) is 5.75 Å². The molecule has 1 aromatic carbocycles. The zero-order valence-corrected chi connectivity index (χ0v) is 12.6. The van der Waals surface area contributed by atoms with Crippen LogP contribution in [0.2, 0.25) is 0 Å².